The zero-order chi connectivity index (χ0) is 18.5. The SMILES string of the molecule is Cc1ccc(OCCN(C)C(=O)c2ccc(-c3ccc(F)cc3)s2)cc1. The molecule has 0 spiro atoms. The molecule has 0 atom stereocenters. The summed E-state index contributed by atoms with van der Waals surface area (Å²) in [5, 5.41) is 0. The normalized spacial score (nSPS) is 10.6. The van der Waals surface area contributed by atoms with E-state index in [-0.39, 0.29) is 11.7 Å². The van der Waals surface area contributed by atoms with Crippen LogP contribution in [-0.4, -0.2) is 31.0 Å². The third-order valence-corrected chi connectivity index (χ3v) is 5.13. The standard InChI is InChI=1S/C21H20FNO2S/c1-15-3-9-18(10-4-15)25-14-13-23(2)21(24)20-12-11-19(26-20)16-5-7-17(22)8-6-16/h3-12H,13-14H2,1-2H3. The molecule has 0 N–H and O–H groups in total. The Labute approximate surface area is 156 Å². The highest BCUT2D eigenvalue weighted by molar-refractivity contribution is 7.17. The number of carbonyl (C=O) groups excluding carboxylic acids is 1. The molecule has 0 unspecified atom stereocenters. The lowest BCUT2D eigenvalue weighted by Crippen LogP contribution is -2.30. The molecule has 0 bridgehead atoms. The van der Waals surface area contributed by atoms with E-state index in [1.807, 2.05) is 43.3 Å². The van der Waals surface area contributed by atoms with Gasteiger partial charge in [0.25, 0.3) is 5.91 Å². The summed E-state index contributed by atoms with van der Waals surface area (Å²) in [4.78, 5) is 15.8. The molecule has 0 aliphatic heterocycles. The van der Waals surface area contributed by atoms with Gasteiger partial charge in [0.1, 0.15) is 18.2 Å². The number of nitrogens with zero attached hydrogens (tertiary/aromatic N) is 1. The van der Waals surface area contributed by atoms with Crippen molar-refractivity contribution in [3.8, 4) is 16.2 Å². The molecule has 3 rings (SSSR count). The van der Waals surface area contributed by atoms with Crippen molar-refractivity contribution in [3.05, 3.63) is 76.9 Å². The average molecular weight is 369 g/mol. The molecule has 1 amide bonds. The average Bonchev–Trinajstić information content (AvgIpc) is 3.13. The van der Waals surface area contributed by atoms with Gasteiger partial charge in [-0.15, -0.1) is 11.3 Å². The number of benzene rings is 2. The molecule has 0 aliphatic rings. The number of likely N-dealkylation sites (N-methyl/N-ethyl adjacent to an activating group) is 1. The minimum Gasteiger partial charge on any atom is -0.492 e. The van der Waals surface area contributed by atoms with Crippen LogP contribution in [0, 0.1) is 12.7 Å². The van der Waals surface area contributed by atoms with Crippen LogP contribution in [0.2, 0.25) is 0 Å². The van der Waals surface area contributed by atoms with Crippen LogP contribution in [0.1, 0.15) is 15.2 Å². The topological polar surface area (TPSA) is 29.5 Å². The Balaban J connectivity index is 1.56. The molecule has 1 aromatic heterocycles. The summed E-state index contributed by atoms with van der Waals surface area (Å²) in [6.45, 7) is 2.95. The van der Waals surface area contributed by atoms with Crippen LogP contribution in [-0.2, 0) is 0 Å². The second kappa shape index (κ2) is 8.15. The van der Waals surface area contributed by atoms with Crippen molar-refractivity contribution in [3.63, 3.8) is 0 Å². The molecular formula is C21H20FNO2S. The van der Waals surface area contributed by atoms with Gasteiger partial charge in [0.15, 0.2) is 0 Å². The summed E-state index contributed by atoms with van der Waals surface area (Å²) in [6.07, 6.45) is 0. The fourth-order valence-electron chi connectivity index (χ4n) is 2.45. The van der Waals surface area contributed by atoms with Crippen molar-refractivity contribution in [1.82, 2.24) is 4.90 Å². The fourth-order valence-corrected chi connectivity index (χ4v) is 3.45. The van der Waals surface area contributed by atoms with E-state index in [0.717, 1.165) is 16.2 Å². The van der Waals surface area contributed by atoms with E-state index in [1.165, 1.54) is 29.0 Å². The highest BCUT2D eigenvalue weighted by atomic mass is 32.1. The first kappa shape index (κ1) is 18.1. The van der Waals surface area contributed by atoms with E-state index in [4.69, 9.17) is 4.74 Å². The van der Waals surface area contributed by atoms with Gasteiger partial charge in [0, 0.05) is 11.9 Å². The van der Waals surface area contributed by atoms with Crippen molar-refractivity contribution in [2.75, 3.05) is 20.2 Å². The van der Waals surface area contributed by atoms with E-state index in [2.05, 4.69) is 0 Å². The van der Waals surface area contributed by atoms with Crippen LogP contribution in [0.25, 0.3) is 10.4 Å². The highest BCUT2D eigenvalue weighted by Crippen LogP contribution is 2.28. The molecule has 0 radical (unpaired) electrons. The monoisotopic (exact) mass is 369 g/mol. The van der Waals surface area contributed by atoms with Crippen molar-refractivity contribution < 1.29 is 13.9 Å². The van der Waals surface area contributed by atoms with Gasteiger partial charge in [-0.25, -0.2) is 4.39 Å². The number of halogens is 1. The molecule has 5 heteroatoms. The first-order chi connectivity index (χ1) is 12.5. The lowest BCUT2D eigenvalue weighted by molar-refractivity contribution is 0.0778. The molecule has 1 heterocycles. The van der Waals surface area contributed by atoms with E-state index in [9.17, 15) is 9.18 Å². The van der Waals surface area contributed by atoms with Gasteiger partial charge in [-0.2, -0.15) is 0 Å². The second-order valence-corrected chi connectivity index (χ2v) is 7.14. The maximum atomic E-state index is 13.0. The zero-order valence-corrected chi connectivity index (χ0v) is 15.6. The Morgan fingerprint density at radius 3 is 2.42 bits per heavy atom. The minimum absolute atomic E-state index is 0.0455. The number of thiophene rings is 1. The van der Waals surface area contributed by atoms with Gasteiger partial charge in [-0.05, 0) is 48.9 Å². The molecule has 0 fully saturated rings. The number of aryl methyl sites for hydroxylation is 1. The number of hydrogen-bond acceptors (Lipinski definition) is 3. The summed E-state index contributed by atoms with van der Waals surface area (Å²) in [7, 11) is 1.76. The Morgan fingerprint density at radius 2 is 1.73 bits per heavy atom. The number of rotatable bonds is 6. The molecule has 134 valence electrons. The predicted molar refractivity (Wildman–Crippen MR) is 103 cm³/mol. The molecule has 0 saturated carbocycles. The number of carbonyl (C=O) groups is 1. The van der Waals surface area contributed by atoms with Crippen molar-refractivity contribution in [2.24, 2.45) is 0 Å². The third-order valence-electron chi connectivity index (χ3n) is 4.01. The van der Waals surface area contributed by atoms with Gasteiger partial charge in [0.05, 0.1) is 11.4 Å². The van der Waals surface area contributed by atoms with E-state index < -0.39 is 0 Å². The maximum Gasteiger partial charge on any atom is 0.263 e. The van der Waals surface area contributed by atoms with E-state index in [0.29, 0.717) is 18.0 Å². The molecular weight excluding hydrogens is 349 g/mol. The Kier molecular flexibility index (Phi) is 5.68. The predicted octanol–water partition coefficient (Wildman–Crippen LogP) is 5.01. The van der Waals surface area contributed by atoms with Gasteiger partial charge < -0.3 is 9.64 Å². The molecule has 2 aromatic carbocycles. The van der Waals surface area contributed by atoms with Crippen molar-refractivity contribution >= 4 is 17.2 Å². The van der Waals surface area contributed by atoms with Gasteiger partial charge >= 0.3 is 0 Å². The Morgan fingerprint density at radius 1 is 1.04 bits per heavy atom. The first-order valence-corrected chi connectivity index (χ1v) is 9.15. The third kappa shape index (κ3) is 4.49. The number of hydrogen-bond donors (Lipinski definition) is 0. The second-order valence-electron chi connectivity index (χ2n) is 6.06. The van der Waals surface area contributed by atoms with Crippen LogP contribution in [0.4, 0.5) is 4.39 Å². The smallest absolute Gasteiger partial charge is 0.263 e. The molecule has 0 saturated heterocycles. The van der Waals surface area contributed by atoms with Crippen LogP contribution in [0.5, 0.6) is 5.75 Å². The van der Waals surface area contributed by atoms with Gasteiger partial charge in [0.2, 0.25) is 0 Å². The van der Waals surface area contributed by atoms with Crippen LogP contribution >= 0.6 is 11.3 Å². The highest BCUT2D eigenvalue weighted by Gasteiger charge is 2.15. The number of ether oxygens (including phenoxy) is 1. The zero-order valence-electron chi connectivity index (χ0n) is 14.7. The van der Waals surface area contributed by atoms with Crippen LogP contribution < -0.4 is 4.74 Å². The fraction of sp³-hybridized carbons (Fsp3) is 0.190. The van der Waals surface area contributed by atoms with Gasteiger partial charge in [-0.1, -0.05) is 29.8 Å². The van der Waals surface area contributed by atoms with Gasteiger partial charge in [-0.3, -0.25) is 4.79 Å². The maximum absolute atomic E-state index is 13.0. The lowest BCUT2D eigenvalue weighted by Gasteiger charge is -2.16. The molecule has 26 heavy (non-hydrogen) atoms. The van der Waals surface area contributed by atoms with Crippen LogP contribution in [0.3, 0.4) is 0 Å². The summed E-state index contributed by atoms with van der Waals surface area (Å²) in [5.41, 5.74) is 2.08. The number of amides is 1. The Hall–Kier alpha value is -2.66. The summed E-state index contributed by atoms with van der Waals surface area (Å²) >= 11 is 1.41. The summed E-state index contributed by atoms with van der Waals surface area (Å²) in [5.74, 6) is 0.483. The molecule has 3 aromatic rings. The summed E-state index contributed by atoms with van der Waals surface area (Å²) < 4.78 is 18.7. The molecule has 3 nitrogen and oxygen atoms in total. The first-order valence-electron chi connectivity index (χ1n) is 8.33. The Bertz CT molecular complexity index is 872. The summed E-state index contributed by atoms with van der Waals surface area (Å²) in [6, 6.07) is 17.8. The van der Waals surface area contributed by atoms with E-state index >= 15 is 0 Å². The van der Waals surface area contributed by atoms with E-state index in [1.54, 1.807) is 24.1 Å². The minimum atomic E-state index is -0.269. The largest absolute Gasteiger partial charge is 0.492 e. The van der Waals surface area contributed by atoms with Crippen molar-refractivity contribution in [2.45, 2.75) is 6.92 Å². The quantitative estimate of drug-likeness (QED) is 0.611. The lowest BCUT2D eigenvalue weighted by atomic mass is 10.2. The molecule has 0 aliphatic carbocycles. The van der Waals surface area contributed by atoms with Crippen molar-refractivity contribution in [1.29, 1.82) is 0 Å². The van der Waals surface area contributed by atoms with Crippen LogP contribution in [0.15, 0.2) is 60.7 Å².